The van der Waals surface area contributed by atoms with Crippen molar-refractivity contribution in [3.05, 3.63) is 69.7 Å². The van der Waals surface area contributed by atoms with Crippen LogP contribution in [0, 0.1) is 0 Å². The first-order valence-electron chi connectivity index (χ1n) is 10.8. The monoisotopic (exact) mass is 483 g/mol. The molecule has 6 heteroatoms. The Morgan fingerprint density at radius 1 is 1.06 bits per heavy atom. The van der Waals surface area contributed by atoms with Crippen LogP contribution in [-0.4, -0.2) is 34.3 Å². The maximum atomic E-state index is 13.1. The Labute approximate surface area is 190 Å². The van der Waals surface area contributed by atoms with Gasteiger partial charge in [0.2, 0.25) is 0 Å². The Morgan fingerprint density at radius 3 is 2.32 bits per heavy atom. The summed E-state index contributed by atoms with van der Waals surface area (Å²) >= 11 is 3.39. The number of hydrogen-bond donors (Lipinski definition) is 1. The average Bonchev–Trinajstić information content (AvgIpc) is 3.40. The fourth-order valence-electron chi connectivity index (χ4n) is 4.47. The van der Waals surface area contributed by atoms with Gasteiger partial charge in [-0.15, -0.1) is 0 Å². The van der Waals surface area contributed by atoms with Crippen LogP contribution >= 0.6 is 15.9 Å². The van der Waals surface area contributed by atoms with Crippen LogP contribution in [0.25, 0.3) is 5.76 Å². The number of rotatable bonds is 6. The average molecular weight is 484 g/mol. The number of halogens is 1. The number of nitrogens with zero attached hydrogens (tertiary/aromatic N) is 1. The lowest BCUT2D eigenvalue weighted by Gasteiger charge is -2.30. The maximum Gasteiger partial charge on any atom is 0.295 e. The first kappa shape index (κ1) is 21.6. The van der Waals surface area contributed by atoms with E-state index in [-0.39, 0.29) is 17.4 Å². The molecule has 1 amide bonds. The number of ether oxygens (including phenoxy) is 1. The van der Waals surface area contributed by atoms with Crippen molar-refractivity contribution >= 4 is 33.4 Å². The molecule has 1 unspecified atom stereocenters. The summed E-state index contributed by atoms with van der Waals surface area (Å²) in [5.74, 6) is -0.538. The summed E-state index contributed by atoms with van der Waals surface area (Å²) in [5.41, 5.74) is 1.47. The third kappa shape index (κ3) is 4.26. The van der Waals surface area contributed by atoms with Crippen LogP contribution in [0.15, 0.2) is 58.6 Å². The first-order chi connectivity index (χ1) is 15.0. The molecular formula is C25H26BrNO4. The van der Waals surface area contributed by atoms with E-state index < -0.39 is 17.7 Å². The summed E-state index contributed by atoms with van der Waals surface area (Å²) < 4.78 is 6.55. The molecule has 1 heterocycles. The molecule has 0 aromatic heterocycles. The minimum atomic E-state index is -0.622. The van der Waals surface area contributed by atoms with E-state index in [4.69, 9.17) is 4.74 Å². The molecule has 1 N–H and O–H groups in total. The van der Waals surface area contributed by atoms with Crippen molar-refractivity contribution in [1.29, 1.82) is 0 Å². The molecular weight excluding hydrogens is 458 g/mol. The molecule has 1 saturated carbocycles. The van der Waals surface area contributed by atoms with Gasteiger partial charge in [-0.25, -0.2) is 0 Å². The second kappa shape index (κ2) is 9.27. The van der Waals surface area contributed by atoms with Gasteiger partial charge in [-0.1, -0.05) is 60.0 Å². The van der Waals surface area contributed by atoms with Crippen molar-refractivity contribution in [2.24, 2.45) is 0 Å². The quantitative estimate of drug-likeness (QED) is 0.329. The summed E-state index contributed by atoms with van der Waals surface area (Å²) in [6.07, 6.45) is 4.74. The highest BCUT2D eigenvalue weighted by molar-refractivity contribution is 9.10. The highest BCUT2D eigenvalue weighted by Crippen LogP contribution is 2.43. The second-order valence-electron chi connectivity index (χ2n) is 8.07. The lowest BCUT2D eigenvalue weighted by atomic mass is 9.94. The van der Waals surface area contributed by atoms with Crippen molar-refractivity contribution in [1.82, 2.24) is 4.90 Å². The molecule has 2 aromatic rings. The molecule has 1 atom stereocenters. The van der Waals surface area contributed by atoms with Gasteiger partial charge in [0.25, 0.3) is 11.7 Å². The third-order valence-electron chi connectivity index (χ3n) is 5.98. The molecule has 5 nitrogen and oxygen atoms in total. The van der Waals surface area contributed by atoms with E-state index in [0.29, 0.717) is 12.2 Å². The zero-order valence-electron chi connectivity index (χ0n) is 17.5. The van der Waals surface area contributed by atoms with Crippen LogP contribution in [0.4, 0.5) is 0 Å². The predicted octanol–water partition coefficient (Wildman–Crippen LogP) is 5.60. The van der Waals surface area contributed by atoms with Crippen LogP contribution in [0.2, 0.25) is 0 Å². The van der Waals surface area contributed by atoms with Gasteiger partial charge < -0.3 is 14.7 Å². The number of carbonyl (C=O) groups is 2. The number of aliphatic hydroxyl groups is 1. The molecule has 2 aliphatic rings. The normalized spacial score (nSPS) is 21.1. The van der Waals surface area contributed by atoms with E-state index in [0.717, 1.165) is 47.9 Å². The Bertz CT molecular complexity index is 991. The number of benzene rings is 2. The fourth-order valence-corrected chi connectivity index (χ4v) is 4.73. The van der Waals surface area contributed by atoms with Gasteiger partial charge in [0.1, 0.15) is 11.5 Å². The van der Waals surface area contributed by atoms with Gasteiger partial charge in [-0.3, -0.25) is 9.59 Å². The number of likely N-dealkylation sites (tertiary alicyclic amines) is 1. The Hall–Kier alpha value is -2.60. The van der Waals surface area contributed by atoms with Crippen LogP contribution < -0.4 is 4.74 Å². The lowest BCUT2D eigenvalue weighted by molar-refractivity contribution is -0.141. The molecule has 1 aliphatic carbocycles. The van der Waals surface area contributed by atoms with Crippen LogP contribution in [0.3, 0.4) is 0 Å². The van der Waals surface area contributed by atoms with E-state index in [1.807, 2.05) is 31.2 Å². The molecule has 162 valence electrons. The van der Waals surface area contributed by atoms with E-state index >= 15 is 0 Å². The van der Waals surface area contributed by atoms with E-state index in [1.54, 1.807) is 29.2 Å². The van der Waals surface area contributed by atoms with Gasteiger partial charge in [0.05, 0.1) is 18.2 Å². The van der Waals surface area contributed by atoms with Crippen LogP contribution in [-0.2, 0) is 9.59 Å². The van der Waals surface area contributed by atoms with Crippen molar-refractivity contribution in [2.45, 2.75) is 51.1 Å². The topological polar surface area (TPSA) is 66.8 Å². The molecule has 1 aliphatic heterocycles. The Kier molecular flexibility index (Phi) is 6.46. The summed E-state index contributed by atoms with van der Waals surface area (Å²) in [4.78, 5) is 27.9. The zero-order valence-corrected chi connectivity index (χ0v) is 19.1. The number of carbonyl (C=O) groups excluding carboxylic acids is 2. The standard InChI is InChI=1S/C25H26BrNO4/c1-2-15-31-20-13-9-16(10-14-20)22-21(23(28)17-7-11-18(26)12-8-17)24(29)25(30)27(22)19-5-3-4-6-19/h7-14,19,22,28H,2-6,15H2,1H3/b23-21-. The molecule has 2 aromatic carbocycles. The molecule has 1 saturated heterocycles. The van der Waals surface area contributed by atoms with Crippen molar-refractivity contribution in [2.75, 3.05) is 6.61 Å². The van der Waals surface area contributed by atoms with E-state index in [2.05, 4.69) is 15.9 Å². The molecule has 0 radical (unpaired) electrons. The number of amides is 1. The number of aliphatic hydroxyl groups excluding tert-OH is 1. The van der Waals surface area contributed by atoms with Gasteiger partial charge in [0.15, 0.2) is 0 Å². The van der Waals surface area contributed by atoms with Gasteiger partial charge in [0, 0.05) is 16.1 Å². The highest BCUT2D eigenvalue weighted by Gasteiger charge is 2.49. The van der Waals surface area contributed by atoms with Crippen molar-refractivity contribution < 1.29 is 19.4 Å². The van der Waals surface area contributed by atoms with Crippen molar-refractivity contribution in [3.63, 3.8) is 0 Å². The summed E-state index contributed by atoms with van der Waals surface area (Å²) in [6.45, 7) is 2.68. The minimum absolute atomic E-state index is 0.00712. The molecule has 0 bridgehead atoms. The van der Waals surface area contributed by atoms with Gasteiger partial charge in [-0.05, 0) is 49.1 Å². The summed E-state index contributed by atoms with van der Waals surface area (Å²) in [6, 6.07) is 14.0. The summed E-state index contributed by atoms with van der Waals surface area (Å²) in [5, 5.41) is 11.1. The SMILES string of the molecule is CCCOc1ccc(C2/C(=C(/O)c3ccc(Br)cc3)C(=O)C(=O)N2C2CCCC2)cc1. The van der Waals surface area contributed by atoms with E-state index in [9.17, 15) is 14.7 Å². The number of Topliss-reactive ketones (excluding diaryl/α,β-unsaturated/α-hetero) is 1. The zero-order chi connectivity index (χ0) is 22.0. The number of ketones is 1. The smallest absolute Gasteiger partial charge is 0.295 e. The molecule has 4 rings (SSSR count). The molecule has 31 heavy (non-hydrogen) atoms. The van der Waals surface area contributed by atoms with Crippen molar-refractivity contribution in [3.8, 4) is 5.75 Å². The largest absolute Gasteiger partial charge is 0.507 e. The third-order valence-corrected chi connectivity index (χ3v) is 6.51. The van der Waals surface area contributed by atoms with Gasteiger partial charge in [-0.2, -0.15) is 0 Å². The van der Waals surface area contributed by atoms with Crippen LogP contribution in [0.5, 0.6) is 5.75 Å². The Balaban J connectivity index is 1.80. The first-order valence-corrected chi connectivity index (χ1v) is 11.6. The van der Waals surface area contributed by atoms with Gasteiger partial charge >= 0.3 is 0 Å². The molecule has 0 spiro atoms. The molecule has 2 fully saturated rings. The predicted molar refractivity (Wildman–Crippen MR) is 123 cm³/mol. The summed E-state index contributed by atoms with van der Waals surface area (Å²) in [7, 11) is 0. The lowest BCUT2D eigenvalue weighted by Crippen LogP contribution is -2.37. The Morgan fingerprint density at radius 2 is 1.71 bits per heavy atom. The highest BCUT2D eigenvalue weighted by atomic mass is 79.9. The number of hydrogen-bond acceptors (Lipinski definition) is 4. The van der Waals surface area contributed by atoms with Crippen LogP contribution in [0.1, 0.15) is 56.2 Å². The minimum Gasteiger partial charge on any atom is -0.507 e. The van der Waals surface area contributed by atoms with E-state index in [1.165, 1.54) is 0 Å². The maximum absolute atomic E-state index is 13.1. The fraction of sp³-hybridized carbons (Fsp3) is 0.360. The second-order valence-corrected chi connectivity index (χ2v) is 8.98.